The normalized spacial score (nSPS) is 20.2. The first-order valence-electron chi connectivity index (χ1n) is 7.72. The van der Waals surface area contributed by atoms with E-state index in [1.54, 1.807) is 4.90 Å². The number of ether oxygens (including phenoxy) is 1. The van der Waals surface area contributed by atoms with Crippen LogP contribution in [-0.4, -0.2) is 42.6 Å². The number of carbonyl (C=O) groups is 1. The summed E-state index contributed by atoms with van der Waals surface area (Å²) in [5.74, 6) is -0.571. The highest BCUT2D eigenvalue weighted by molar-refractivity contribution is 5.78. The molecule has 1 amide bonds. The fourth-order valence-corrected chi connectivity index (χ4v) is 3.15. The Morgan fingerprint density at radius 3 is 2.43 bits per heavy atom. The van der Waals surface area contributed by atoms with Gasteiger partial charge in [0.2, 0.25) is 0 Å². The summed E-state index contributed by atoms with van der Waals surface area (Å²) in [6.45, 7) is 1.89. The molecular weight excluding hydrogens is 309 g/mol. The van der Waals surface area contributed by atoms with E-state index in [1.807, 2.05) is 0 Å². The Labute approximate surface area is 132 Å². The molecule has 2 heterocycles. The molecule has 4 nitrogen and oxygen atoms in total. The van der Waals surface area contributed by atoms with Crippen molar-refractivity contribution in [3.8, 4) is 5.75 Å². The highest BCUT2D eigenvalue weighted by Crippen LogP contribution is 2.36. The van der Waals surface area contributed by atoms with Crippen LogP contribution in [0.2, 0.25) is 0 Å². The monoisotopic (exact) mass is 328 g/mol. The van der Waals surface area contributed by atoms with Crippen LogP contribution in [-0.2, 0) is 11.0 Å². The molecule has 2 aliphatic heterocycles. The molecular formula is C16H19F3N2O2. The molecule has 0 radical (unpaired) electrons. The van der Waals surface area contributed by atoms with Gasteiger partial charge in [0.05, 0.1) is 5.56 Å². The van der Waals surface area contributed by atoms with E-state index in [4.69, 9.17) is 4.74 Å². The highest BCUT2D eigenvalue weighted by Gasteiger charge is 2.40. The van der Waals surface area contributed by atoms with E-state index in [-0.39, 0.29) is 23.8 Å². The number of nitrogens with one attached hydrogen (secondary N) is 1. The molecule has 1 spiro atoms. The number of benzene rings is 1. The number of alkyl halides is 3. The van der Waals surface area contributed by atoms with Gasteiger partial charge in [0.1, 0.15) is 5.75 Å². The van der Waals surface area contributed by atoms with Gasteiger partial charge < -0.3 is 15.0 Å². The Balaban J connectivity index is 1.56. The highest BCUT2D eigenvalue weighted by atomic mass is 19.4. The van der Waals surface area contributed by atoms with Crippen molar-refractivity contribution in [3.63, 3.8) is 0 Å². The Morgan fingerprint density at radius 1 is 1.22 bits per heavy atom. The van der Waals surface area contributed by atoms with Crippen molar-refractivity contribution in [2.75, 3.05) is 26.2 Å². The van der Waals surface area contributed by atoms with Gasteiger partial charge >= 0.3 is 6.18 Å². The predicted molar refractivity (Wildman–Crippen MR) is 78.1 cm³/mol. The summed E-state index contributed by atoms with van der Waals surface area (Å²) < 4.78 is 43.8. The fraction of sp³-hybridized carbons (Fsp3) is 0.562. The quantitative estimate of drug-likeness (QED) is 0.927. The van der Waals surface area contributed by atoms with Gasteiger partial charge in [-0.25, -0.2) is 0 Å². The minimum atomic E-state index is -4.49. The van der Waals surface area contributed by atoms with Crippen LogP contribution >= 0.6 is 0 Å². The molecule has 2 saturated heterocycles. The van der Waals surface area contributed by atoms with E-state index in [1.165, 1.54) is 18.2 Å². The maximum absolute atomic E-state index is 12.9. The molecule has 3 rings (SSSR count). The van der Waals surface area contributed by atoms with E-state index in [0.29, 0.717) is 13.1 Å². The van der Waals surface area contributed by atoms with Gasteiger partial charge in [0.25, 0.3) is 5.91 Å². The number of nitrogens with zero attached hydrogens (tertiary/aromatic N) is 1. The Morgan fingerprint density at radius 2 is 1.87 bits per heavy atom. The summed E-state index contributed by atoms with van der Waals surface area (Å²) >= 11 is 0. The Kier molecular flexibility index (Phi) is 4.23. The van der Waals surface area contributed by atoms with Gasteiger partial charge in [-0.1, -0.05) is 12.1 Å². The molecule has 2 fully saturated rings. The minimum Gasteiger partial charge on any atom is -0.483 e. The molecule has 0 saturated carbocycles. The van der Waals surface area contributed by atoms with E-state index < -0.39 is 11.7 Å². The summed E-state index contributed by atoms with van der Waals surface area (Å²) in [6.07, 6.45) is -1.59. The standard InChI is InChI=1S/C16H19F3N2O2/c17-16(18,19)12-3-1-2-4-13(12)23-11-14(22)21-9-6-15(7-10-21)5-8-20-15/h1-4,20H,5-11H2. The second-order valence-corrected chi connectivity index (χ2v) is 6.12. The van der Waals surface area contributed by atoms with Crippen LogP contribution in [0, 0.1) is 0 Å². The van der Waals surface area contributed by atoms with Crippen molar-refractivity contribution in [3.05, 3.63) is 29.8 Å². The molecule has 0 aliphatic carbocycles. The number of para-hydroxylation sites is 1. The number of hydrogen-bond acceptors (Lipinski definition) is 3. The number of piperidine rings is 1. The first-order valence-corrected chi connectivity index (χ1v) is 7.72. The summed E-state index contributed by atoms with van der Waals surface area (Å²) in [5.41, 5.74) is -0.676. The zero-order valence-corrected chi connectivity index (χ0v) is 12.7. The molecule has 1 N–H and O–H groups in total. The molecule has 0 unspecified atom stereocenters. The van der Waals surface area contributed by atoms with Crippen LogP contribution in [0.4, 0.5) is 13.2 Å². The largest absolute Gasteiger partial charge is 0.483 e. The number of hydrogen-bond donors (Lipinski definition) is 1. The van der Waals surface area contributed by atoms with E-state index in [9.17, 15) is 18.0 Å². The number of rotatable bonds is 3. The summed E-state index contributed by atoms with van der Waals surface area (Å²) in [7, 11) is 0. The van der Waals surface area contributed by atoms with Crippen molar-refractivity contribution in [1.29, 1.82) is 0 Å². The van der Waals surface area contributed by atoms with Gasteiger partial charge in [0.15, 0.2) is 6.61 Å². The van der Waals surface area contributed by atoms with Crippen molar-refractivity contribution in [2.24, 2.45) is 0 Å². The smallest absolute Gasteiger partial charge is 0.419 e. The van der Waals surface area contributed by atoms with E-state index >= 15 is 0 Å². The van der Waals surface area contributed by atoms with Gasteiger partial charge in [-0.3, -0.25) is 4.79 Å². The average Bonchev–Trinajstić information content (AvgIpc) is 2.50. The number of amides is 1. The zero-order valence-electron chi connectivity index (χ0n) is 12.7. The van der Waals surface area contributed by atoms with Gasteiger partial charge in [-0.05, 0) is 37.9 Å². The maximum atomic E-state index is 12.9. The summed E-state index contributed by atoms with van der Waals surface area (Å²) in [6, 6.07) is 4.95. The number of likely N-dealkylation sites (tertiary alicyclic amines) is 1. The van der Waals surface area contributed by atoms with Crippen LogP contribution in [0.15, 0.2) is 24.3 Å². The Bertz CT molecular complexity index is 575. The lowest BCUT2D eigenvalue weighted by Gasteiger charge is -2.48. The third-order valence-electron chi connectivity index (χ3n) is 4.72. The van der Waals surface area contributed by atoms with Crippen molar-refractivity contribution in [2.45, 2.75) is 31.0 Å². The molecule has 0 atom stereocenters. The molecule has 2 aliphatic rings. The lowest BCUT2D eigenvalue weighted by molar-refractivity contribution is -0.141. The molecule has 7 heteroatoms. The molecule has 23 heavy (non-hydrogen) atoms. The SMILES string of the molecule is O=C(COc1ccccc1C(F)(F)F)N1CCC2(CCN2)CC1. The Hall–Kier alpha value is -1.76. The van der Waals surface area contributed by atoms with Gasteiger partial charge in [-0.15, -0.1) is 0 Å². The van der Waals surface area contributed by atoms with Crippen molar-refractivity contribution >= 4 is 5.91 Å². The third kappa shape index (κ3) is 3.44. The lowest BCUT2D eigenvalue weighted by Crippen LogP contribution is -2.62. The molecule has 1 aromatic carbocycles. The number of carbonyl (C=O) groups excluding carboxylic acids is 1. The zero-order chi connectivity index (χ0) is 16.5. The van der Waals surface area contributed by atoms with E-state index in [0.717, 1.165) is 31.9 Å². The first-order chi connectivity index (χ1) is 10.9. The molecule has 0 aromatic heterocycles. The van der Waals surface area contributed by atoms with Crippen LogP contribution < -0.4 is 10.1 Å². The lowest BCUT2D eigenvalue weighted by atomic mass is 9.79. The average molecular weight is 328 g/mol. The topological polar surface area (TPSA) is 41.6 Å². The predicted octanol–water partition coefficient (Wildman–Crippen LogP) is 2.44. The fourth-order valence-electron chi connectivity index (χ4n) is 3.15. The maximum Gasteiger partial charge on any atom is 0.419 e. The third-order valence-corrected chi connectivity index (χ3v) is 4.72. The molecule has 1 aromatic rings. The second-order valence-electron chi connectivity index (χ2n) is 6.12. The van der Waals surface area contributed by atoms with Gasteiger partial charge in [-0.2, -0.15) is 13.2 Å². The van der Waals surface area contributed by atoms with Crippen molar-refractivity contribution < 1.29 is 22.7 Å². The van der Waals surface area contributed by atoms with Crippen LogP contribution in [0.3, 0.4) is 0 Å². The second kappa shape index (κ2) is 6.03. The summed E-state index contributed by atoms with van der Waals surface area (Å²) in [5, 5.41) is 3.41. The first kappa shape index (κ1) is 16.1. The van der Waals surface area contributed by atoms with Crippen LogP contribution in [0.1, 0.15) is 24.8 Å². The van der Waals surface area contributed by atoms with Crippen molar-refractivity contribution in [1.82, 2.24) is 10.2 Å². The number of halogens is 3. The van der Waals surface area contributed by atoms with Crippen LogP contribution in [0.5, 0.6) is 5.75 Å². The minimum absolute atomic E-state index is 0.181. The molecule has 126 valence electrons. The van der Waals surface area contributed by atoms with Gasteiger partial charge in [0, 0.05) is 18.6 Å². The van der Waals surface area contributed by atoms with Crippen LogP contribution in [0.25, 0.3) is 0 Å². The summed E-state index contributed by atoms with van der Waals surface area (Å²) in [4.78, 5) is 13.8. The van der Waals surface area contributed by atoms with E-state index in [2.05, 4.69) is 5.32 Å². The molecule has 0 bridgehead atoms.